The monoisotopic (exact) mass is 603 g/mol. The van der Waals surface area contributed by atoms with Crippen molar-refractivity contribution in [1.82, 2.24) is 20.3 Å². The van der Waals surface area contributed by atoms with Crippen molar-refractivity contribution < 1.29 is 32.5 Å². The third-order valence-electron chi connectivity index (χ3n) is 9.51. The summed E-state index contributed by atoms with van der Waals surface area (Å²) in [7, 11) is 0. The maximum atomic E-state index is 14.2. The molecule has 1 unspecified atom stereocenters. The average Bonchev–Trinajstić information content (AvgIpc) is 3.70. The molecule has 3 fully saturated rings. The van der Waals surface area contributed by atoms with Crippen molar-refractivity contribution in [2.45, 2.75) is 83.0 Å². The van der Waals surface area contributed by atoms with Gasteiger partial charge in [0, 0.05) is 25.2 Å². The lowest BCUT2D eigenvalue weighted by Crippen LogP contribution is -2.43. The second-order valence-corrected chi connectivity index (χ2v) is 12.2. The third kappa shape index (κ3) is 5.12. The van der Waals surface area contributed by atoms with Gasteiger partial charge in [-0.3, -0.25) is 14.6 Å². The van der Waals surface area contributed by atoms with Crippen molar-refractivity contribution >= 4 is 23.1 Å². The third-order valence-corrected chi connectivity index (χ3v) is 9.51. The average molecular weight is 604 g/mol. The summed E-state index contributed by atoms with van der Waals surface area (Å²) in [5.74, 6) is -0.513. The first kappa shape index (κ1) is 28.4. The summed E-state index contributed by atoms with van der Waals surface area (Å²) >= 11 is 0. The van der Waals surface area contributed by atoms with Gasteiger partial charge < -0.3 is 24.9 Å². The summed E-state index contributed by atoms with van der Waals surface area (Å²) < 4.78 is 51.7. The number of carbonyl (C=O) groups excluding carboxylic acids is 1. The number of carbonyl (C=O) groups is 1. The molecule has 0 radical (unpaired) electrons. The molecule has 3 N–H and O–H groups in total. The predicted octanol–water partition coefficient (Wildman–Crippen LogP) is 3.63. The molecule has 6 heterocycles. The van der Waals surface area contributed by atoms with Gasteiger partial charge >= 0.3 is 12.4 Å². The molecule has 7 rings (SSSR count). The summed E-state index contributed by atoms with van der Waals surface area (Å²) in [5.41, 5.74) is 7.88. The lowest BCUT2D eigenvalue weighted by molar-refractivity contribution is -0.274. The summed E-state index contributed by atoms with van der Waals surface area (Å²) in [6.07, 6.45) is 0.782. The number of fused-ring (bicyclic) bond motifs is 3. The highest BCUT2D eigenvalue weighted by Gasteiger charge is 2.46. The molecule has 232 valence electrons. The molecule has 43 heavy (non-hydrogen) atoms. The maximum absolute atomic E-state index is 14.2. The van der Waals surface area contributed by atoms with Crippen LogP contribution in [0.1, 0.15) is 72.1 Å². The van der Waals surface area contributed by atoms with Crippen LogP contribution in [0.2, 0.25) is 0 Å². The van der Waals surface area contributed by atoms with Crippen molar-refractivity contribution in [3.63, 3.8) is 0 Å². The number of anilines is 3. The summed E-state index contributed by atoms with van der Waals surface area (Å²) in [5, 5.41) is 10.3. The number of nitrogens with one attached hydrogen (secondary N) is 2. The van der Waals surface area contributed by atoms with Crippen LogP contribution in [-0.2, 0) is 13.1 Å². The van der Waals surface area contributed by atoms with Crippen LogP contribution in [0.4, 0.5) is 30.4 Å². The van der Waals surface area contributed by atoms with E-state index in [1.807, 2.05) is 4.90 Å². The summed E-state index contributed by atoms with van der Waals surface area (Å²) in [6, 6.07) is 1.73. The maximum Gasteiger partial charge on any atom is 0.573 e. The molecule has 0 saturated carbocycles. The molecule has 1 atom stereocenters. The van der Waals surface area contributed by atoms with E-state index in [1.54, 1.807) is 6.07 Å². The minimum atomic E-state index is -4.95. The van der Waals surface area contributed by atoms with Crippen LogP contribution in [-0.4, -0.2) is 76.7 Å². The molecule has 11 nitrogen and oxygen atoms in total. The van der Waals surface area contributed by atoms with E-state index < -0.39 is 24.1 Å². The number of benzene rings is 1. The number of hydrazine groups is 1. The van der Waals surface area contributed by atoms with Crippen molar-refractivity contribution in [2.75, 3.05) is 48.0 Å². The lowest BCUT2D eigenvalue weighted by atomic mass is 9.95. The van der Waals surface area contributed by atoms with Gasteiger partial charge in [-0.25, -0.2) is 5.43 Å². The first-order valence-corrected chi connectivity index (χ1v) is 15.1. The van der Waals surface area contributed by atoms with Gasteiger partial charge in [-0.05, 0) is 76.6 Å². The van der Waals surface area contributed by atoms with E-state index in [2.05, 4.69) is 25.5 Å². The molecule has 5 aliphatic heterocycles. The largest absolute Gasteiger partial charge is 0.573 e. The van der Waals surface area contributed by atoms with Gasteiger partial charge in [-0.15, -0.1) is 13.2 Å². The number of alkyl halides is 3. The van der Waals surface area contributed by atoms with Crippen molar-refractivity contribution in [3.8, 4) is 11.8 Å². The SMILES string of the molecule is Cc1cc2c(c(N3Cc4nc(OCC56CCCN5CCC6)nc(N5CCCC(O)CC5)c4C3=O)c1OC(F)(F)F)CNN2. The fourth-order valence-corrected chi connectivity index (χ4v) is 7.46. The van der Waals surface area contributed by atoms with Crippen LogP contribution >= 0.6 is 0 Å². The second-order valence-electron chi connectivity index (χ2n) is 12.2. The van der Waals surface area contributed by atoms with Crippen LogP contribution in [0.3, 0.4) is 0 Å². The zero-order chi connectivity index (χ0) is 29.9. The van der Waals surface area contributed by atoms with Gasteiger partial charge in [0.05, 0.1) is 35.3 Å². The molecule has 0 spiro atoms. The van der Waals surface area contributed by atoms with Crippen LogP contribution < -0.4 is 30.1 Å². The van der Waals surface area contributed by atoms with E-state index in [1.165, 1.54) is 11.8 Å². The Labute approximate surface area is 247 Å². The topological polar surface area (TPSA) is 115 Å². The summed E-state index contributed by atoms with van der Waals surface area (Å²) in [6.45, 7) is 5.25. The first-order valence-electron chi connectivity index (χ1n) is 15.1. The van der Waals surface area contributed by atoms with Crippen LogP contribution in [0.25, 0.3) is 0 Å². The molecule has 1 aromatic heterocycles. The molecule has 0 aliphatic carbocycles. The number of aliphatic hydroxyl groups is 1. The Bertz CT molecular complexity index is 1430. The van der Waals surface area contributed by atoms with Crippen LogP contribution in [0.5, 0.6) is 11.8 Å². The van der Waals surface area contributed by atoms with Crippen LogP contribution in [0, 0.1) is 6.92 Å². The van der Waals surface area contributed by atoms with Crippen LogP contribution in [0.15, 0.2) is 6.07 Å². The number of hydrogen-bond donors (Lipinski definition) is 3. The fraction of sp³-hybridized carbons (Fsp3) is 0.621. The van der Waals surface area contributed by atoms with E-state index in [-0.39, 0.29) is 41.5 Å². The van der Waals surface area contributed by atoms with Gasteiger partial charge in [0.25, 0.3) is 5.91 Å². The van der Waals surface area contributed by atoms with E-state index in [0.717, 1.165) is 38.8 Å². The van der Waals surface area contributed by atoms with Gasteiger partial charge in [0.1, 0.15) is 18.0 Å². The van der Waals surface area contributed by atoms with Gasteiger partial charge in [-0.2, -0.15) is 9.97 Å². The first-order chi connectivity index (χ1) is 20.6. The van der Waals surface area contributed by atoms with Crippen molar-refractivity contribution in [1.29, 1.82) is 0 Å². The standard InChI is InChI=1S/C29H36F3N7O4/c1-17-13-20-19(14-33-36-20)23(24(17)43-29(30,31)32)39-15-21-22(26(39)41)25(37-9-2-5-18(40)6-12-37)35-27(34-21)42-16-28-7-3-10-38(28)11-4-8-28/h13,18,33,36,40H,2-12,14-16H2,1H3. The lowest BCUT2D eigenvalue weighted by Gasteiger charge is -2.31. The predicted molar refractivity (Wildman–Crippen MR) is 151 cm³/mol. The Morgan fingerprint density at radius 1 is 1.12 bits per heavy atom. The number of amides is 1. The van der Waals surface area contributed by atoms with E-state index in [0.29, 0.717) is 61.7 Å². The molecule has 14 heteroatoms. The Kier molecular flexibility index (Phi) is 7.05. The highest BCUT2D eigenvalue weighted by atomic mass is 19.4. The van der Waals surface area contributed by atoms with Gasteiger partial charge in [0.2, 0.25) is 0 Å². The molecule has 2 aromatic rings. The number of halogens is 3. The second kappa shape index (κ2) is 10.7. The molecule has 5 aliphatic rings. The Balaban J connectivity index is 1.28. The number of hydrogen-bond acceptors (Lipinski definition) is 10. The van der Waals surface area contributed by atoms with E-state index in [4.69, 9.17) is 9.72 Å². The molecule has 1 aromatic carbocycles. The quantitative estimate of drug-likeness (QED) is 0.452. The number of rotatable bonds is 6. The zero-order valence-electron chi connectivity index (χ0n) is 24.1. The minimum Gasteiger partial charge on any atom is -0.461 e. The van der Waals surface area contributed by atoms with E-state index in [9.17, 15) is 23.1 Å². The number of ether oxygens (including phenoxy) is 2. The number of aromatic nitrogens is 2. The van der Waals surface area contributed by atoms with Gasteiger partial charge in [-0.1, -0.05) is 0 Å². The molecule has 3 saturated heterocycles. The minimum absolute atomic E-state index is 0.0386. The highest BCUT2D eigenvalue weighted by molar-refractivity contribution is 6.14. The highest BCUT2D eigenvalue weighted by Crippen LogP contribution is 2.47. The van der Waals surface area contributed by atoms with Crippen molar-refractivity contribution in [3.05, 3.63) is 28.5 Å². The molecular weight excluding hydrogens is 567 g/mol. The van der Waals surface area contributed by atoms with Crippen molar-refractivity contribution in [2.24, 2.45) is 0 Å². The molecular formula is C29H36F3N7O4. The fourth-order valence-electron chi connectivity index (χ4n) is 7.46. The van der Waals surface area contributed by atoms with Gasteiger partial charge in [0.15, 0.2) is 5.75 Å². The number of aliphatic hydroxyl groups excluding tert-OH is 1. The Morgan fingerprint density at radius 3 is 2.67 bits per heavy atom. The molecule has 0 bridgehead atoms. The summed E-state index contributed by atoms with van der Waals surface area (Å²) in [4.78, 5) is 29.4. The number of nitrogens with zero attached hydrogens (tertiary/aromatic N) is 5. The smallest absolute Gasteiger partial charge is 0.461 e. The normalized spacial score (nSPS) is 23.2. The molecule has 1 amide bonds. The zero-order valence-corrected chi connectivity index (χ0v) is 24.1. The Hall–Kier alpha value is -3.36. The van der Waals surface area contributed by atoms with E-state index >= 15 is 0 Å². The Morgan fingerprint density at radius 2 is 1.91 bits per heavy atom. The number of aryl methyl sites for hydroxylation is 1.